The Kier molecular flexibility index (Phi) is 5.98. The number of thioether (sulfide) groups is 1. The van der Waals surface area contributed by atoms with Crippen LogP contribution in [0.25, 0.3) is 6.08 Å². The second kappa shape index (κ2) is 8.26. The van der Waals surface area contributed by atoms with Gasteiger partial charge in [-0.1, -0.05) is 47.5 Å². The lowest BCUT2D eigenvalue weighted by Crippen LogP contribution is -2.22. The number of carbonyl (C=O) groups is 3. The summed E-state index contributed by atoms with van der Waals surface area (Å²) >= 11 is 13.3. The number of carboxylic acids is 1. The number of nitrogens with zero attached hydrogens (tertiary/aromatic N) is 1. The molecule has 0 N–H and O–H groups in total. The zero-order valence-corrected chi connectivity index (χ0v) is 16.7. The highest BCUT2D eigenvalue weighted by molar-refractivity contribution is 8.18. The van der Waals surface area contributed by atoms with Gasteiger partial charge in [-0.25, -0.2) is 0 Å². The molecule has 2 aromatic rings. The van der Waals surface area contributed by atoms with E-state index in [1.807, 2.05) is 0 Å². The summed E-state index contributed by atoms with van der Waals surface area (Å²) in [5.41, 5.74) is 1.35. The van der Waals surface area contributed by atoms with Crippen molar-refractivity contribution in [1.82, 2.24) is 4.90 Å². The summed E-state index contributed by atoms with van der Waals surface area (Å²) in [4.78, 5) is 35.6. The molecule has 2 amide bonds. The molecular weight excluding hydrogens is 425 g/mol. The topological polar surface area (TPSA) is 86.7 Å². The van der Waals surface area contributed by atoms with E-state index in [-0.39, 0.29) is 44.0 Å². The maximum Gasteiger partial charge on any atom is 0.293 e. The molecule has 2 aromatic carbocycles. The minimum Gasteiger partial charge on any atom is -0.545 e. The van der Waals surface area contributed by atoms with Gasteiger partial charge in [-0.05, 0) is 46.7 Å². The van der Waals surface area contributed by atoms with Gasteiger partial charge >= 0.3 is 0 Å². The molecule has 9 heteroatoms. The molecule has 0 aromatic heterocycles. The van der Waals surface area contributed by atoms with Crippen molar-refractivity contribution in [1.29, 1.82) is 0 Å². The van der Waals surface area contributed by atoms with E-state index in [1.54, 1.807) is 24.3 Å². The standard InChI is InChI=1S/C19H13Cl2NO5S/c1-22-17(23)15(28-19(22)26)8-11-6-13(20)16(14(21)7-11)27-9-10-2-4-12(5-3-10)18(24)25/h2-8H,9H2,1H3,(H,24,25)/p-1/b15-8-. The van der Waals surface area contributed by atoms with E-state index >= 15 is 0 Å². The summed E-state index contributed by atoms with van der Waals surface area (Å²) in [6, 6.07) is 9.18. The lowest BCUT2D eigenvalue weighted by atomic mass is 10.1. The SMILES string of the molecule is CN1C(=O)S/C(=C\c2cc(Cl)c(OCc3ccc(C(=O)[O-])cc3)c(Cl)c2)C1=O. The van der Waals surface area contributed by atoms with Gasteiger partial charge in [0.25, 0.3) is 11.1 Å². The van der Waals surface area contributed by atoms with Gasteiger partial charge in [0.05, 0.1) is 20.9 Å². The molecule has 0 spiro atoms. The predicted molar refractivity (Wildman–Crippen MR) is 105 cm³/mol. The third-order valence-electron chi connectivity index (χ3n) is 3.88. The molecule has 1 fully saturated rings. The molecule has 6 nitrogen and oxygen atoms in total. The van der Waals surface area contributed by atoms with Crippen LogP contribution in [0.1, 0.15) is 21.5 Å². The minimum atomic E-state index is -1.25. The number of hydrogen-bond donors (Lipinski definition) is 0. The molecule has 0 bridgehead atoms. The molecule has 1 aliphatic heterocycles. The first-order valence-corrected chi connectivity index (χ1v) is 9.47. The number of likely N-dealkylation sites (N-methyl/N-ethyl adjacent to an activating group) is 1. The second-order valence-electron chi connectivity index (χ2n) is 5.83. The molecule has 1 aliphatic rings. The first-order chi connectivity index (χ1) is 13.3. The molecule has 0 atom stereocenters. The predicted octanol–water partition coefficient (Wildman–Crippen LogP) is 3.60. The highest BCUT2D eigenvalue weighted by Gasteiger charge is 2.31. The van der Waals surface area contributed by atoms with Crippen LogP contribution in [0.3, 0.4) is 0 Å². The lowest BCUT2D eigenvalue weighted by molar-refractivity contribution is -0.255. The quantitative estimate of drug-likeness (QED) is 0.665. The number of hydrogen-bond acceptors (Lipinski definition) is 6. The fourth-order valence-electron chi connectivity index (χ4n) is 2.39. The number of amides is 2. The lowest BCUT2D eigenvalue weighted by Gasteiger charge is -2.12. The van der Waals surface area contributed by atoms with Crippen LogP contribution in [0.5, 0.6) is 5.75 Å². The molecule has 1 saturated heterocycles. The first kappa shape index (κ1) is 20.3. The van der Waals surface area contributed by atoms with E-state index in [4.69, 9.17) is 27.9 Å². The number of carboxylic acid groups (broad SMARTS) is 1. The number of ether oxygens (including phenoxy) is 1. The van der Waals surface area contributed by atoms with Crippen molar-refractivity contribution >= 4 is 58.2 Å². The van der Waals surface area contributed by atoms with Crippen molar-refractivity contribution in [3.8, 4) is 5.75 Å². The van der Waals surface area contributed by atoms with Gasteiger partial charge in [0.1, 0.15) is 6.61 Å². The Morgan fingerprint density at radius 1 is 1.18 bits per heavy atom. The van der Waals surface area contributed by atoms with Gasteiger partial charge in [0.15, 0.2) is 5.75 Å². The average molecular weight is 437 g/mol. The van der Waals surface area contributed by atoms with E-state index in [0.29, 0.717) is 5.56 Å². The fraction of sp³-hybridized carbons (Fsp3) is 0.105. The number of aromatic carboxylic acids is 1. The van der Waals surface area contributed by atoms with Crippen LogP contribution in [0.4, 0.5) is 4.79 Å². The normalized spacial score (nSPS) is 15.4. The van der Waals surface area contributed by atoms with E-state index in [1.165, 1.54) is 25.3 Å². The maximum absolute atomic E-state index is 12.0. The van der Waals surface area contributed by atoms with Crippen molar-refractivity contribution in [3.63, 3.8) is 0 Å². The highest BCUT2D eigenvalue weighted by atomic mass is 35.5. The van der Waals surface area contributed by atoms with Crippen LogP contribution in [0.15, 0.2) is 41.3 Å². The molecule has 0 radical (unpaired) electrons. The molecule has 3 rings (SSSR count). The Bertz CT molecular complexity index is 981. The van der Waals surface area contributed by atoms with Gasteiger partial charge < -0.3 is 14.6 Å². The van der Waals surface area contributed by atoms with Crippen LogP contribution in [0.2, 0.25) is 10.0 Å². The van der Waals surface area contributed by atoms with Crippen LogP contribution in [-0.4, -0.2) is 29.1 Å². The minimum absolute atomic E-state index is 0.0701. The van der Waals surface area contributed by atoms with Crippen LogP contribution in [0, 0.1) is 0 Å². The monoisotopic (exact) mass is 436 g/mol. The Morgan fingerprint density at radius 3 is 2.29 bits per heavy atom. The zero-order chi connectivity index (χ0) is 20.4. The van der Waals surface area contributed by atoms with Crippen LogP contribution >= 0.6 is 35.0 Å². The van der Waals surface area contributed by atoms with Crippen molar-refractivity contribution in [2.45, 2.75) is 6.61 Å². The van der Waals surface area contributed by atoms with Crippen molar-refractivity contribution in [3.05, 3.63) is 68.0 Å². The van der Waals surface area contributed by atoms with Crippen molar-refractivity contribution in [2.24, 2.45) is 0 Å². The molecule has 28 heavy (non-hydrogen) atoms. The zero-order valence-electron chi connectivity index (χ0n) is 14.4. The molecule has 144 valence electrons. The summed E-state index contributed by atoms with van der Waals surface area (Å²) in [6.45, 7) is 0.126. The Morgan fingerprint density at radius 2 is 1.79 bits per heavy atom. The highest BCUT2D eigenvalue weighted by Crippen LogP contribution is 2.37. The Hall–Kier alpha value is -2.48. The third kappa shape index (κ3) is 4.32. The molecular formula is C19H12Cl2NO5S-. The largest absolute Gasteiger partial charge is 0.545 e. The molecule has 0 saturated carbocycles. The van der Waals surface area contributed by atoms with Gasteiger partial charge in [0, 0.05) is 7.05 Å². The number of imide groups is 1. The summed E-state index contributed by atoms with van der Waals surface area (Å²) in [7, 11) is 1.41. The maximum atomic E-state index is 12.0. The van der Waals surface area contributed by atoms with E-state index in [2.05, 4.69) is 0 Å². The summed E-state index contributed by atoms with van der Waals surface area (Å²) in [5, 5.41) is 10.9. The van der Waals surface area contributed by atoms with Crippen molar-refractivity contribution < 1.29 is 24.2 Å². The smallest absolute Gasteiger partial charge is 0.293 e. The summed E-state index contributed by atoms with van der Waals surface area (Å²) < 4.78 is 5.65. The summed E-state index contributed by atoms with van der Waals surface area (Å²) in [6.07, 6.45) is 1.54. The van der Waals surface area contributed by atoms with Gasteiger partial charge in [-0.2, -0.15) is 0 Å². The average Bonchev–Trinajstić information content (AvgIpc) is 2.88. The summed E-state index contributed by atoms with van der Waals surface area (Å²) in [5.74, 6) is -1.38. The molecule has 0 unspecified atom stereocenters. The van der Waals surface area contributed by atoms with Gasteiger partial charge in [-0.3, -0.25) is 14.5 Å². The van der Waals surface area contributed by atoms with Gasteiger partial charge in [-0.15, -0.1) is 0 Å². The fourth-order valence-corrected chi connectivity index (χ4v) is 3.83. The van der Waals surface area contributed by atoms with Crippen LogP contribution in [-0.2, 0) is 11.4 Å². The molecule has 0 aliphatic carbocycles. The third-order valence-corrected chi connectivity index (χ3v) is 5.40. The van der Waals surface area contributed by atoms with E-state index in [0.717, 1.165) is 22.2 Å². The number of benzene rings is 2. The van der Waals surface area contributed by atoms with Crippen LogP contribution < -0.4 is 9.84 Å². The number of carbonyl (C=O) groups excluding carboxylic acids is 3. The van der Waals surface area contributed by atoms with Crippen molar-refractivity contribution in [2.75, 3.05) is 7.05 Å². The second-order valence-corrected chi connectivity index (χ2v) is 7.64. The molecule has 1 heterocycles. The number of halogens is 2. The van der Waals surface area contributed by atoms with E-state index < -0.39 is 5.97 Å². The van der Waals surface area contributed by atoms with Gasteiger partial charge in [0.2, 0.25) is 0 Å². The Labute approximate surface area is 174 Å². The Balaban J connectivity index is 1.76. The van der Waals surface area contributed by atoms with E-state index in [9.17, 15) is 19.5 Å². The number of rotatable bonds is 5. The first-order valence-electron chi connectivity index (χ1n) is 7.90.